The Hall–Kier alpha value is -0.240. The van der Waals surface area contributed by atoms with Gasteiger partial charge in [0, 0.05) is 0 Å². The molecule has 0 heterocycles. The minimum atomic E-state index is -0.401. The average Bonchev–Trinajstić information content (AvgIpc) is 2.47. The van der Waals surface area contributed by atoms with Gasteiger partial charge in [-0.2, -0.15) is 0 Å². The summed E-state index contributed by atoms with van der Waals surface area (Å²) < 4.78 is 20.9. The van der Waals surface area contributed by atoms with E-state index in [4.69, 9.17) is 24.1 Å². The van der Waals surface area contributed by atoms with Crippen LogP contribution >= 0.6 is 0 Å². The minimum Gasteiger partial charge on any atom is -0.394 e. The molecule has 0 saturated carbocycles. The van der Waals surface area contributed by atoms with Crippen molar-refractivity contribution in [3.05, 3.63) is 0 Å². The summed E-state index contributed by atoms with van der Waals surface area (Å²) in [6.45, 7) is 7.78. The summed E-state index contributed by atoms with van der Waals surface area (Å²) in [5.41, 5.74) is 0. The number of rotatable bonds is 15. The summed E-state index contributed by atoms with van der Waals surface area (Å²) in [6, 6.07) is 0. The molecule has 122 valence electrons. The zero-order chi connectivity index (χ0) is 15.1. The highest BCUT2D eigenvalue weighted by atomic mass is 16.6. The number of hydrogen-bond donors (Lipinski definition) is 2. The van der Waals surface area contributed by atoms with Crippen LogP contribution in [0.4, 0.5) is 0 Å². The maximum Gasteiger partial charge on any atom is 0.0799 e. The van der Waals surface area contributed by atoms with Crippen LogP contribution in [-0.4, -0.2) is 75.8 Å². The normalized spacial score (nSPS) is 14.4. The second-order valence-corrected chi connectivity index (χ2v) is 4.59. The van der Waals surface area contributed by atoms with Gasteiger partial charge in [-0.3, -0.25) is 0 Å². The lowest BCUT2D eigenvalue weighted by Gasteiger charge is -2.16. The number of aliphatic hydroxyl groups is 2. The van der Waals surface area contributed by atoms with Crippen LogP contribution in [0.3, 0.4) is 0 Å². The summed E-state index contributed by atoms with van der Waals surface area (Å²) in [5.74, 6) is 0.261. The van der Waals surface area contributed by atoms with E-state index in [-0.39, 0.29) is 12.5 Å². The van der Waals surface area contributed by atoms with Crippen molar-refractivity contribution < 1.29 is 29.2 Å². The van der Waals surface area contributed by atoms with E-state index < -0.39 is 6.10 Å². The van der Waals surface area contributed by atoms with Gasteiger partial charge in [-0.15, -0.1) is 0 Å². The van der Waals surface area contributed by atoms with Gasteiger partial charge in [0.05, 0.1) is 65.6 Å². The van der Waals surface area contributed by atoms with E-state index in [0.29, 0.717) is 52.9 Å². The zero-order valence-corrected chi connectivity index (χ0v) is 12.8. The SMILES string of the molecule is CCC(C)C(O)COCCOCCOCCOCCO. The maximum absolute atomic E-state index is 9.67. The fourth-order valence-corrected chi connectivity index (χ4v) is 1.36. The molecule has 0 aromatic carbocycles. The predicted octanol–water partition coefficient (Wildman–Crippen LogP) is 0.452. The Morgan fingerprint density at radius 2 is 1.25 bits per heavy atom. The van der Waals surface area contributed by atoms with Crippen LogP contribution in [0.1, 0.15) is 20.3 Å². The Morgan fingerprint density at radius 1 is 0.800 bits per heavy atom. The summed E-state index contributed by atoms with van der Waals surface area (Å²) in [7, 11) is 0. The molecule has 0 bridgehead atoms. The molecule has 0 aliphatic heterocycles. The van der Waals surface area contributed by atoms with Crippen molar-refractivity contribution in [1.82, 2.24) is 0 Å². The molecule has 0 rings (SSSR count). The molecule has 0 aromatic heterocycles. The Labute approximate surface area is 122 Å². The standard InChI is InChI=1S/C14H30O6/c1-3-13(2)14(16)12-20-11-10-19-9-8-18-7-6-17-5-4-15/h13-16H,3-12H2,1-2H3. The lowest BCUT2D eigenvalue weighted by molar-refractivity contribution is -0.0277. The molecule has 0 saturated heterocycles. The van der Waals surface area contributed by atoms with Crippen LogP contribution in [0, 0.1) is 5.92 Å². The van der Waals surface area contributed by atoms with Crippen LogP contribution < -0.4 is 0 Å². The smallest absolute Gasteiger partial charge is 0.0799 e. The van der Waals surface area contributed by atoms with Crippen LogP contribution in [0.5, 0.6) is 0 Å². The van der Waals surface area contributed by atoms with Crippen molar-refractivity contribution in [2.24, 2.45) is 5.92 Å². The lowest BCUT2D eigenvalue weighted by Crippen LogP contribution is -2.24. The van der Waals surface area contributed by atoms with Crippen molar-refractivity contribution in [2.45, 2.75) is 26.4 Å². The molecule has 0 aliphatic carbocycles. The summed E-state index contributed by atoms with van der Waals surface area (Å²) in [6.07, 6.45) is 0.544. The highest BCUT2D eigenvalue weighted by Crippen LogP contribution is 2.07. The highest BCUT2D eigenvalue weighted by Gasteiger charge is 2.11. The largest absolute Gasteiger partial charge is 0.394 e. The number of ether oxygens (including phenoxy) is 4. The second-order valence-electron chi connectivity index (χ2n) is 4.59. The molecule has 6 nitrogen and oxygen atoms in total. The van der Waals surface area contributed by atoms with Crippen molar-refractivity contribution in [1.29, 1.82) is 0 Å². The average molecular weight is 294 g/mol. The monoisotopic (exact) mass is 294 g/mol. The zero-order valence-electron chi connectivity index (χ0n) is 12.8. The van der Waals surface area contributed by atoms with Gasteiger partial charge in [-0.25, -0.2) is 0 Å². The van der Waals surface area contributed by atoms with Crippen LogP contribution in [-0.2, 0) is 18.9 Å². The molecule has 0 aromatic rings. The van der Waals surface area contributed by atoms with E-state index in [0.717, 1.165) is 6.42 Å². The summed E-state index contributed by atoms with van der Waals surface area (Å²) >= 11 is 0. The van der Waals surface area contributed by atoms with Crippen molar-refractivity contribution in [3.8, 4) is 0 Å². The van der Waals surface area contributed by atoms with E-state index in [1.165, 1.54) is 0 Å². The van der Waals surface area contributed by atoms with Crippen molar-refractivity contribution in [2.75, 3.05) is 59.5 Å². The Morgan fingerprint density at radius 3 is 1.70 bits per heavy atom. The first kappa shape index (κ1) is 19.8. The van der Waals surface area contributed by atoms with Gasteiger partial charge in [-0.05, 0) is 5.92 Å². The fraction of sp³-hybridized carbons (Fsp3) is 1.00. The van der Waals surface area contributed by atoms with E-state index in [2.05, 4.69) is 0 Å². The highest BCUT2D eigenvalue weighted by molar-refractivity contribution is 4.61. The van der Waals surface area contributed by atoms with Gasteiger partial charge in [0.1, 0.15) is 0 Å². The number of aliphatic hydroxyl groups excluding tert-OH is 2. The van der Waals surface area contributed by atoms with E-state index in [9.17, 15) is 5.11 Å². The Balaban J connectivity index is 3.10. The molecule has 0 radical (unpaired) electrons. The molecule has 2 N–H and O–H groups in total. The quantitative estimate of drug-likeness (QED) is 0.427. The van der Waals surface area contributed by atoms with Crippen LogP contribution in [0.15, 0.2) is 0 Å². The first-order valence-corrected chi connectivity index (χ1v) is 7.32. The molecular weight excluding hydrogens is 264 g/mol. The first-order valence-electron chi connectivity index (χ1n) is 7.32. The van der Waals surface area contributed by atoms with Crippen LogP contribution in [0.2, 0.25) is 0 Å². The summed E-state index contributed by atoms with van der Waals surface area (Å²) in [4.78, 5) is 0. The summed E-state index contributed by atoms with van der Waals surface area (Å²) in [5, 5.41) is 18.1. The topological polar surface area (TPSA) is 77.4 Å². The molecule has 20 heavy (non-hydrogen) atoms. The molecule has 0 amide bonds. The lowest BCUT2D eigenvalue weighted by atomic mass is 10.0. The van der Waals surface area contributed by atoms with Gasteiger partial charge < -0.3 is 29.2 Å². The Bertz CT molecular complexity index is 191. The third-order valence-corrected chi connectivity index (χ3v) is 2.94. The third-order valence-electron chi connectivity index (χ3n) is 2.94. The number of hydrogen-bond acceptors (Lipinski definition) is 6. The maximum atomic E-state index is 9.67. The van der Waals surface area contributed by atoms with Gasteiger partial charge >= 0.3 is 0 Å². The third kappa shape index (κ3) is 12.8. The predicted molar refractivity (Wildman–Crippen MR) is 75.8 cm³/mol. The van der Waals surface area contributed by atoms with Gasteiger partial charge in [-0.1, -0.05) is 20.3 Å². The van der Waals surface area contributed by atoms with Crippen molar-refractivity contribution >= 4 is 0 Å². The van der Waals surface area contributed by atoms with E-state index in [1.54, 1.807) is 0 Å². The first-order chi connectivity index (χ1) is 9.72. The molecule has 0 spiro atoms. The molecular formula is C14H30O6. The van der Waals surface area contributed by atoms with E-state index in [1.807, 2.05) is 13.8 Å². The molecule has 6 heteroatoms. The molecule has 0 aliphatic rings. The molecule has 2 unspecified atom stereocenters. The fourth-order valence-electron chi connectivity index (χ4n) is 1.36. The second kappa shape index (κ2) is 15.2. The van der Waals surface area contributed by atoms with Crippen molar-refractivity contribution in [3.63, 3.8) is 0 Å². The van der Waals surface area contributed by atoms with Gasteiger partial charge in [0.15, 0.2) is 0 Å². The van der Waals surface area contributed by atoms with Crippen LogP contribution in [0.25, 0.3) is 0 Å². The Kier molecular flexibility index (Phi) is 15.0. The van der Waals surface area contributed by atoms with Gasteiger partial charge in [0.2, 0.25) is 0 Å². The minimum absolute atomic E-state index is 0.0365. The molecule has 2 atom stereocenters. The van der Waals surface area contributed by atoms with Gasteiger partial charge in [0.25, 0.3) is 0 Å². The molecule has 0 fully saturated rings. The van der Waals surface area contributed by atoms with E-state index >= 15 is 0 Å².